The molecule has 2 saturated heterocycles. The fraction of sp³-hybridized carbons (Fsp3) is 0.375. The van der Waals surface area contributed by atoms with Crippen molar-refractivity contribution in [2.24, 2.45) is 0 Å². The molecule has 2 atom stereocenters. The van der Waals surface area contributed by atoms with Gasteiger partial charge in [-0.2, -0.15) is 5.06 Å². The molecule has 1 aromatic rings. The highest BCUT2D eigenvalue weighted by Crippen LogP contribution is 2.32. The largest absolute Gasteiger partial charge is 0.460 e. The molecular formula is C16H18N2O4. The van der Waals surface area contributed by atoms with E-state index in [-0.39, 0.29) is 24.6 Å². The zero-order valence-corrected chi connectivity index (χ0v) is 12.2. The van der Waals surface area contributed by atoms with Crippen LogP contribution < -0.4 is 0 Å². The van der Waals surface area contributed by atoms with Gasteiger partial charge in [0.15, 0.2) is 0 Å². The molecule has 2 aliphatic heterocycles. The van der Waals surface area contributed by atoms with Gasteiger partial charge in [0.05, 0.1) is 6.04 Å². The Morgan fingerprint density at radius 2 is 2.14 bits per heavy atom. The highest BCUT2D eigenvalue weighted by atomic mass is 16.7. The zero-order valence-electron chi connectivity index (χ0n) is 12.2. The van der Waals surface area contributed by atoms with Gasteiger partial charge in [-0.25, -0.2) is 9.59 Å². The maximum absolute atomic E-state index is 12.3. The average molecular weight is 302 g/mol. The minimum Gasteiger partial charge on any atom is -0.460 e. The number of esters is 1. The number of urea groups is 1. The first kappa shape index (κ1) is 14.6. The van der Waals surface area contributed by atoms with Crippen LogP contribution in [0.5, 0.6) is 0 Å². The van der Waals surface area contributed by atoms with Crippen LogP contribution in [0.4, 0.5) is 4.79 Å². The van der Waals surface area contributed by atoms with E-state index in [9.17, 15) is 9.59 Å². The number of nitrogens with zero attached hydrogens (tertiary/aromatic N) is 2. The van der Waals surface area contributed by atoms with Gasteiger partial charge in [0.2, 0.25) is 0 Å². The molecule has 0 radical (unpaired) electrons. The maximum atomic E-state index is 12.3. The molecule has 2 heterocycles. The predicted molar refractivity (Wildman–Crippen MR) is 78.5 cm³/mol. The number of rotatable bonds is 6. The normalized spacial score (nSPS) is 23.0. The lowest BCUT2D eigenvalue weighted by molar-refractivity contribution is -0.159. The first-order chi connectivity index (χ1) is 10.7. The zero-order chi connectivity index (χ0) is 15.5. The van der Waals surface area contributed by atoms with Crippen molar-refractivity contribution in [3.63, 3.8) is 0 Å². The molecule has 0 aromatic heterocycles. The summed E-state index contributed by atoms with van der Waals surface area (Å²) < 4.78 is 5.03. The van der Waals surface area contributed by atoms with E-state index in [1.165, 1.54) is 16.0 Å². The molecule has 22 heavy (non-hydrogen) atoms. The summed E-state index contributed by atoms with van der Waals surface area (Å²) in [7, 11) is 0. The van der Waals surface area contributed by atoms with Gasteiger partial charge < -0.3 is 9.64 Å². The van der Waals surface area contributed by atoms with Crippen LogP contribution in [0.15, 0.2) is 43.0 Å². The molecule has 0 saturated carbocycles. The van der Waals surface area contributed by atoms with Crippen LogP contribution in [-0.4, -0.2) is 47.2 Å². The van der Waals surface area contributed by atoms with Crippen molar-refractivity contribution in [3.05, 3.63) is 48.6 Å². The minimum atomic E-state index is -0.506. The van der Waals surface area contributed by atoms with Crippen molar-refractivity contribution >= 4 is 12.0 Å². The summed E-state index contributed by atoms with van der Waals surface area (Å²) in [4.78, 5) is 31.3. The van der Waals surface area contributed by atoms with Crippen molar-refractivity contribution in [1.29, 1.82) is 0 Å². The van der Waals surface area contributed by atoms with Crippen LogP contribution in [0.25, 0.3) is 0 Å². The van der Waals surface area contributed by atoms with E-state index in [2.05, 4.69) is 6.58 Å². The first-order valence-electron chi connectivity index (χ1n) is 7.25. The molecular weight excluding hydrogens is 284 g/mol. The van der Waals surface area contributed by atoms with Crippen molar-refractivity contribution in [1.82, 2.24) is 9.96 Å². The number of fused-ring (bicyclic) bond motifs is 2. The van der Waals surface area contributed by atoms with Crippen molar-refractivity contribution in [2.45, 2.75) is 25.1 Å². The highest BCUT2D eigenvalue weighted by Gasteiger charge is 2.52. The second-order valence-corrected chi connectivity index (χ2v) is 5.34. The standard InChI is InChI=1S/C16H18N2O4/c1-2-8-21-15(19)14-9-13-10-17(14)16(20)18(13)22-11-12-6-4-3-5-7-12/h2-7,13-14H,1,8-11H2/t13-,14-/m0/s1. The molecule has 0 unspecified atom stereocenters. The van der Waals surface area contributed by atoms with E-state index in [1.807, 2.05) is 30.3 Å². The topological polar surface area (TPSA) is 59.1 Å². The number of hydroxylamine groups is 2. The Balaban J connectivity index is 1.57. The van der Waals surface area contributed by atoms with Gasteiger partial charge >= 0.3 is 12.0 Å². The molecule has 0 aliphatic carbocycles. The van der Waals surface area contributed by atoms with Crippen LogP contribution in [-0.2, 0) is 21.0 Å². The smallest absolute Gasteiger partial charge is 0.345 e. The molecule has 0 N–H and O–H groups in total. The van der Waals surface area contributed by atoms with Gasteiger partial charge in [-0.05, 0) is 5.56 Å². The summed E-state index contributed by atoms with van der Waals surface area (Å²) in [6.45, 7) is 4.50. The summed E-state index contributed by atoms with van der Waals surface area (Å²) in [5, 5.41) is 1.38. The number of amides is 2. The number of benzene rings is 1. The lowest BCUT2D eigenvalue weighted by atomic mass is 10.1. The Kier molecular flexibility index (Phi) is 4.11. The van der Waals surface area contributed by atoms with Crippen LogP contribution in [0.2, 0.25) is 0 Å². The van der Waals surface area contributed by atoms with E-state index in [1.54, 1.807) is 0 Å². The SMILES string of the molecule is C=CCOC(=O)[C@@H]1C[C@H]2CN1C(=O)N2OCc1ccccc1. The van der Waals surface area contributed by atoms with Gasteiger partial charge in [-0.15, -0.1) is 0 Å². The summed E-state index contributed by atoms with van der Waals surface area (Å²) in [6.07, 6.45) is 2.05. The molecule has 0 spiro atoms. The van der Waals surface area contributed by atoms with E-state index in [4.69, 9.17) is 9.57 Å². The molecule has 2 aliphatic rings. The van der Waals surface area contributed by atoms with Crippen molar-refractivity contribution in [3.8, 4) is 0 Å². The molecule has 116 valence electrons. The van der Waals surface area contributed by atoms with E-state index in [0.29, 0.717) is 19.6 Å². The third-order valence-corrected chi connectivity index (χ3v) is 3.87. The Labute approximate surface area is 128 Å². The molecule has 2 bridgehead atoms. The van der Waals surface area contributed by atoms with E-state index >= 15 is 0 Å². The number of hydrogen-bond donors (Lipinski definition) is 0. The number of carbonyl (C=O) groups excluding carboxylic acids is 2. The number of hydrogen-bond acceptors (Lipinski definition) is 4. The Bertz CT molecular complexity index is 575. The Morgan fingerprint density at radius 1 is 1.36 bits per heavy atom. The van der Waals surface area contributed by atoms with E-state index in [0.717, 1.165) is 5.56 Å². The third-order valence-electron chi connectivity index (χ3n) is 3.87. The second-order valence-electron chi connectivity index (χ2n) is 5.34. The summed E-state index contributed by atoms with van der Waals surface area (Å²) in [5.41, 5.74) is 0.995. The average Bonchev–Trinajstić information content (AvgIpc) is 3.10. The molecule has 6 heteroatoms. The Morgan fingerprint density at radius 3 is 2.82 bits per heavy atom. The van der Waals surface area contributed by atoms with Crippen LogP contribution in [0, 0.1) is 0 Å². The lowest BCUT2D eigenvalue weighted by Crippen LogP contribution is -2.48. The van der Waals surface area contributed by atoms with Gasteiger partial charge in [-0.1, -0.05) is 43.0 Å². The fourth-order valence-electron chi connectivity index (χ4n) is 2.82. The van der Waals surface area contributed by atoms with Crippen LogP contribution in [0.1, 0.15) is 12.0 Å². The van der Waals surface area contributed by atoms with Gasteiger partial charge in [0, 0.05) is 13.0 Å². The summed E-state index contributed by atoms with van der Waals surface area (Å²) >= 11 is 0. The minimum absolute atomic E-state index is 0.0995. The van der Waals surface area contributed by atoms with Crippen molar-refractivity contribution in [2.75, 3.05) is 13.2 Å². The Hall–Kier alpha value is -2.34. The van der Waals surface area contributed by atoms with Gasteiger partial charge in [0.1, 0.15) is 19.3 Å². The quantitative estimate of drug-likeness (QED) is 0.593. The molecule has 3 rings (SSSR count). The second kappa shape index (κ2) is 6.19. The predicted octanol–water partition coefficient (Wildman–Crippen LogP) is 1.73. The summed E-state index contributed by atoms with van der Waals surface area (Å²) in [5.74, 6) is -0.376. The van der Waals surface area contributed by atoms with Gasteiger partial charge in [0.25, 0.3) is 0 Å². The third kappa shape index (κ3) is 2.69. The summed E-state index contributed by atoms with van der Waals surface area (Å²) in [6, 6.07) is 8.78. The van der Waals surface area contributed by atoms with Crippen LogP contribution >= 0.6 is 0 Å². The molecule has 2 fully saturated rings. The highest BCUT2D eigenvalue weighted by molar-refractivity contribution is 5.86. The first-order valence-corrected chi connectivity index (χ1v) is 7.25. The fourth-order valence-corrected chi connectivity index (χ4v) is 2.82. The van der Waals surface area contributed by atoms with Crippen molar-refractivity contribution < 1.29 is 19.2 Å². The van der Waals surface area contributed by atoms with Gasteiger partial charge in [-0.3, -0.25) is 4.84 Å². The number of ether oxygens (including phenoxy) is 1. The monoisotopic (exact) mass is 302 g/mol. The molecule has 2 amide bonds. The maximum Gasteiger partial charge on any atom is 0.345 e. The molecule has 1 aromatic carbocycles. The van der Waals surface area contributed by atoms with Crippen LogP contribution in [0.3, 0.4) is 0 Å². The lowest BCUT2D eigenvalue weighted by Gasteiger charge is -2.30. The van der Waals surface area contributed by atoms with E-state index < -0.39 is 6.04 Å². The number of carbonyl (C=O) groups is 2. The molecule has 6 nitrogen and oxygen atoms in total.